The predicted molar refractivity (Wildman–Crippen MR) is 77.2 cm³/mol. The maximum atomic E-state index is 4.65. The SMILES string of the molecule is Cn1cnc(CCNCc2csc(C(C)(C)C)n2)n1. The Balaban J connectivity index is 1.75. The van der Waals surface area contributed by atoms with Crippen molar-refractivity contribution in [2.24, 2.45) is 7.05 Å². The van der Waals surface area contributed by atoms with E-state index in [9.17, 15) is 0 Å². The molecule has 0 spiro atoms. The van der Waals surface area contributed by atoms with Crippen LogP contribution in [0.2, 0.25) is 0 Å². The van der Waals surface area contributed by atoms with Gasteiger partial charge in [0.25, 0.3) is 0 Å². The third-order valence-corrected chi connectivity index (χ3v) is 3.99. The van der Waals surface area contributed by atoms with Gasteiger partial charge in [0.05, 0.1) is 10.7 Å². The molecule has 0 saturated carbocycles. The van der Waals surface area contributed by atoms with E-state index in [4.69, 9.17) is 0 Å². The molecule has 104 valence electrons. The molecule has 5 nitrogen and oxygen atoms in total. The molecule has 0 aliphatic heterocycles. The van der Waals surface area contributed by atoms with Gasteiger partial charge in [-0.05, 0) is 0 Å². The van der Waals surface area contributed by atoms with Gasteiger partial charge < -0.3 is 5.32 Å². The smallest absolute Gasteiger partial charge is 0.151 e. The van der Waals surface area contributed by atoms with E-state index < -0.39 is 0 Å². The zero-order chi connectivity index (χ0) is 13.9. The average molecular weight is 279 g/mol. The lowest BCUT2D eigenvalue weighted by molar-refractivity contribution is 0.579. The molecule has 6 heteroatoms. The second kappa shape index (κ2) is 5.79. The maximum Gasteiger partial charge on any atom is 0.151 e. The molecule has 2 aromatic rings. The van der Waals surface area contributed by atoms with Gasteiger partial charge in [-0.1, -0.05) is 20.8 Å². The highest BCUT2D eigenvalue weighted by Crippen LogP contribution is 2.25. The van der Waals surface area contributed by atoms with Crippen molar-refractivity contribution in [2.75, 3.05) is 6.54 Å². The van der Waals surface area contributed by atoms with Crippen molar-refractivity contribution >= 4 is 11.3 Å². The summed E-state index contributed by atoms with van der Waals surface area (Å²) in [5, 5.41) is 10.9. The molecule has 2 aromatic heterocycles. The first kappa shape index (κ1) is 14.1. The second-order valence-corrected chi connectivity index (χ2v) is 6.51. The first-order valence-corrected chi connectivity index (χ1v) is 7.33. The summed E-state index contributed by atoms with van der Waals surface area (Å²) < 4.78 is 1.73. The van der Waals surface area contributed by atoms with Crippen LogP contribution in [0, 0.1) is 0 Å². The van der Waals surface area contributed by atoms with E-state index in [-0.39, 0.29) is 5.41 Å². The van der Waals surface area contributed by atoms with Gasteiger partial charge in [-0.15, -0.1) is 11.3 Å². The van der Waals surface area contributed by atoms with Crippen molar-refractivity contribution < 1.29 is 0 Å². The van der Waals surface area contributed by atoms with Gasteiger partial charge >= 0.3 is 0 Å². The lowest BCUT2D eigenvalue weighted by Crippen LogP contribution is -2.18. The molecule has 0 fully saturated rings. The summed E-state index contributed by atoms with van der Waals surface area (Å²) in [6.07, 6.45) is 2.57. The van der Waals surface area contributed by atoms with Crippen molar-refractivity contribution in [3.63, 3.8) is 0 Å². The summed E-state index contributed by atoms with van der Waals surface area (Å²) >= 11 is 1.74. The van der Waals surface area contributed by atoms with Crippen LogP contribution in [0.15, 0.2) is 11.7 Å². The third-order valence-electron chi connectivity index (χ3n) is 2.67. The monoisotopic (exact) mass is 279 g/mol. The molecule has 0 aliphatic carbocycles. The van der Waals surface area contributed by atoms with Gasteiger partial charge in [-0.3, -0.25) is 4.68 Å². The summed E-state index contributed by atoms with van der Waals surface area (Å²) in [4.78, 5) is 8.85. The maximum absolute atomic E-state index is 4.65. The lowest BCUT2D eigenvalue weighted by atomic mass is 9.98. The Morgan fingerprint density at radius 3 is 2.74 bits per heavy atom. The number of nitrogens with one attached hydrogen (secondary N) is 1. The molecule has 0 aromatic carbocycles. The molecule has 0 bridgehead atoms. The Morgan fingerprint density at radius 2 is 2.16 bits per heavy atom. The minimum Gasteiger partial charge on any atom is -0.311 e. The van der Waals surface area contributed by atoms with Gasteiger partial charge in [-0.25, -0.2) is 9.97 Å². The van der Waals surface area contributed by atoms with E-state index >= 15 is 0 Å². The van der Waals surface area contributed by atoms with Crippen molar-refractivity contribution in [3.05, 3.63) is 28.2 Å². The summed E-state index contributed by atoms with van der Waals surface area (Å²) in [7, 11) is 1.88. The van der Waals surface area contributed by atoms with E-state index in [1.807, 2.05) is 7.05 Å². The van der Waals surface area contributed by atoms with Crippen LogP contribution in [-0.2, 0) is 25.4 Å². The zero-order valence-corrected chi connectivity index (χ0v) is 12.8. The molecule has 2 rings (SSSR count). The van der Waals surface area contributed by atoms with Gasteiger partial charge in [0.1, 0.15) is 6.33 Å². The molecule has 0 radical (unpaired) electrons. The number of thiazole rings is 1. The van der Waals surface area contributed by atoms with Gasteiger partial charge in [0.15, 0.2) is 5.82 Å². The Labute approximate surface area is 118 Å². The number of rotatable bonds is 5. The van der Waals surface area contributed by atoms with E-state index in [0.29, 0.717) is 0 Å². The highest BCUT2D eigenvalue weighted by Gasteiger charge is 2.17. The quantitative estimate of drug-likeness (QED) is 0.849. The lowest BCUT2D eigenvalue weighted by Gasteiger charge is -2.13. The molecular weight excluding hydrogens is 258 g/mol. The summed E-state index contributed by atoms with van der Waals surface area (Å²) in [6, 6.07) is 0. The van der Waals surface area contributed by atoms with Crippen LogP contribution in [0.4, 0.5) is 0 Å². The molecule has 0 unspecified atom stereocenters. The fourth-order valence-electron chi connectivity index (χ4n) is 1.65. The molecule has 0 amide bonds. The van der Waals surface area contributed by atoms with Crippen LogP contribution in [0.1, 0.15) is 37.3 Å². The van der Waals surface area contributed by atoms with Crippen molar-refractivity contribution in [3.8, 4) is 0 Å². The number of hydrogen-bond acceptors (Lipinski definition) is 5. The van der Waals surface area contributed by atoms with Crippen LogP contribution in [-0.4, -0.2) is 26.3 Å². The topological polar surface area (TPSA) is 55.6 Å². The number of aryl methyl sites for hydroxylation is 1. The van der Waals surface area contributed by atoms with E-state index in [1.165, 1.54) is 5.01 Å². The summed E-state index contributed by atoms with van der Waals surface area (Å²) in [6.45, 7) is 8.24. The predicted octanol–water partition coefficient (Wildman–Crippen LogP) is 1.90. The highest BCUT2D eigenvalue weighted by molar-refractivity contribution is 7.09. The Hall–Kier alpha value is -1.27. The third kappa shape index (κ3) is 4.11. The molecular formula is C13H21N5S. The number of nitrogens with zero attached hydrogens (tertiary/aromatic N) is 4. The fraction of sp³-hybridized carbons (Fsp3) is 0.615. The first-order chi connectivity index (χ1) is 8.95. The molecule has 1 N–H and O–H groups in total. The van der Waals surface area contributed by atoms with Crippen molar-refractivity contribution in [1.82, 2.24) is 25.1 Å². The summed E-state index contributed by atoms with van der Waals surface area (Å²) in [5.74, 6) is 0.878. The minimum absolute atomic E-state index is 0.140. The van der Waals surface area contributed by atoms with E-state index in [1.54, 1.807) is 22.3 Å². The van der Waals surface area contributed by atoms with Gasteiger partial charge in [0.2, 0.25) is 0 Å². The summed E-state index contributed by atoms with van der Waals surface area (Å²) in [5.41, 5.74) is 1.25. The molecule has 2 heterocycles. The average Bonchev–Trinajstić information content (AvgIpc) is 2.93. The van der Waals surface area contributed by atoms with Crippen LogP contribution < -0.4 is 5.32 Å². The Kier molecular flexibility index (Phi) is 4.31. The normalized spacial score (nSPS) is 12.0. The number of hydrogen-bond donors (Lipinski definition) is 1. The van der Waals surface area contributed by atoms with Crippen LogP contribution in [0.3, 0.4) is 0 Å². The van der Waals surface area contributed by atoms with Gasteiger partial charge in [-0.2, -0.15) is 5.10 Å². The highest BCUT2D eigenvalue weighted by atomic mass is 32.1. The molecule has 0 aliphatic rings. The van der Waals surface area contributed by atoms with Crippen LogP contribution in [0.5, 0.6) is 0 Å². The molecule has 19 heavy (non-hydrogen) atoms. The zero-order valence-electron chi connectivity index (χ0n) is 12.0. The fourth-order valence-corrected chi connectivity index (χ4v) is 2.55. The van der Waals surface area contributed by atoms with Gasteiger partial charge in [0, 0.05) is 37.4 Å². The van der Waals surface area contributed by atoms with Crippen LogP contribution >= 0.6 is 11.3 Å². The number of aromatic nitrogens is 4. The van der Waals surface area contributed by atoms with E-state index in [2.05, 4.69) is 46.5 Å². The Bertz CT molecular complexity index is 523. The van der Waals surface area contributed by atoms with E-state index in [0.717, 1.165) is 31.0 Å². The first-order valence-electron chi connectivity index (χ1n) is 6.45. The van der Waals surface area contributed by atoms with Crippen molar-refractivity contribution in [1.29, 1.82) is 0 Å². The second-order valence-electron chi connectivity index (χ2n) is 5.66. The molecule has 0 atom stereocenters. The van der Waals surface area contributed by atoms with Crippen molar-refractivity contribution in [2.45, 2.75) is 39.2 Å². The standard InChI is InChI=1S/C13H21N5S/c1-13(2,3)12-16-10(8-19-12)7-14-6-5-11-15-9-18(4)17-11/h8-9,14H,5-7H2,1-4H3. The largest absolute Gasteiger partial charge is 0.311 e. The molecule has 0 saturated heterocycles. The van der Waals surface area contributed by atoms with Crippen LogP contribution in [0.25, 0.3) is 0 Å². The Morgan fingerprint density at radius 1 is 1.37 bits per heavy atom. The minimum atomic E-state index is 0.140.